The van der Waals surface area contributed by atoms with Crippen molar-refractivity contribution in [3.63, 3.8) is 0 Å². The van der Waals surface area contributed by atoms with Gasteiger partial charge in [0.25, 0.3) is 5.91 Å². The van der Waals surface area contributed by atoms with E-state index >= 15 is 0 Å². The van der Waals surface area contributed by atoms with Crippen molar-refractivity contribution >= 4 is 17.5 Å². The number of nitrogens with two attached hydrogens (primary N) is 1. The van der Waals surface area contributed by atoms with Crippen LogP contribution in [0.5, 0.6) is 0 Å². The molecule has 1 aromatic rings. The number of carbonyl (C=O) groups is 2. The fourth-order valence-electron chi connectivity index (χ4n) is 2.12. The topological polar surface area (TPSA) is 80.4 Å². The molecule has 0 aromatic carbocycles. The molecule has 2 amide bonds. The normalized spacial score (nSPS) is 16.3. The number of hydrogen-bond donors (Lipinski definition) is 2. The molecule has 0 radical (unpaired) electrons. The van der Waals surface area contributed by atoms with Gasteiger partial charge in [0.1, 0.15) is 5.69 Å². The molecule has 1 fully saturated rings. The minimum absolute atomic E-state index is 0.108. The number of aryl methyl sites for hydroxylation is 1. The average Bonchev–Trinajstić information content (AvgIpc) is 2.59. The number of carbonyl (C=O) groups excluding carboxylic acids is 2. The molecule has 0 bridgehead atoms. The van der Waals surface area contributed by atoms with E-state index in [0.717, 1.165) is 6.42 Å². The molecule has 0 atom stereocenters. The Bertz CT molecular complexity index is 467. The van der Waals surface area contributed by atoms with Crippen LogP contribution in [-0.2, 0) is 11.3 Å². The molecule has 3 N–H and O–H groups in total. The largest absolute Gasteiger partial charge is 0.397 e. The molecular formula is C12H18N4O2. The maximum Gasteiger partial charge on any atom is 0.271 e. The maximum absolute atomic E-state index is 12.4. The van der Waals surface area contributed by atoms with E-state index in [0.29, 0.717) is 31.0 Å². The van der Waals surface area contributed by atoms with Gasteiger partial charge in [0.05, 0.1) is 12.2 Å². The van der Waals surface area contributed by atoms with Gasteiger partial charge in [-0.25, -0.2) is 0 Å². The molecule has 6 heteroatoms. The van der Waals surface area contributed by atoms with Crippen LogP contribution in [0.1, 0.15) is 23.8 Å². The molecule has 1 aliphatic heterocycles. The number of amides is 2. The summed E-state index contributed by atoms with van der Waals surface area (Å²) in [5, 5.41) is 2.75. The second-order valence-electron chi connectivity index (χ2n) is 4.37. The van der Waals surface area contributed by atoms with E-state index in [9.17, 15) is 9.59 Å². The Morgan fingerprint density at radius 3 is 3.06 bits per heavy atom. The molecule has 1 aliphatic rings. The zero-order chi connectivity index (χ0) is 13.1. The second kappa shape index (κ2) is 5.12. The Morgan fingerprint density at radius 2 is 2.33 bits per heavy atom. The summed E-state index contributed by atoms with van der Waals surface area (Å²) in [6, 6.07) is 1.66. The van der Waals surface area contributed by atoms with Gasteiger partial charge in [-0.15, -0.1) is 0 Å². The van der Waals surface area contributed by atoms with Crippen LogP contribution in [0, 0.1) is 0 Å². The Kier molecular flexibility index (Phi) is 3.55. The SMILES string of the molecule is CCn1cc(N)cc1C(=O)N1CCCNC(=O)C1. The van der Waals surface area contributed by atoms with Gasteiger partial charge in [0, 0.05) is 25.8 Å². The fraction of sp³-hybridized carbons (Fsp3) is 0.500. The average molecular weight is 250 g/mol. The first-order valence-corrected chi connectivity index (χ1v) is 6.13. The van der Waals surface area contributed by atoms with Crippen molar-refractivity contribution in [2.45, 2.75) is 19.9 Å². The van der Waals surface area contributed by atoms with Crippen LogP contribution in [-0.4, -0.2) is 40.9 Å². The van der Waals surface area contributed by atoms with Gasteiger partial charge in [0.2, 0.25) is 5.91 Å². The van der Waals surface area contributed by atoms with Crippen LogP contribution in [0.15, 0.2) is 12.3 Å². The molecule has 0 spiro atoms. The number of aromatic nitrogens is 1. The predicted octanol–water partition coefficient (Wildman–Crippen LogP) is 0.0523. The van der Waals surface area contributed by atoms with Gasteiger partial charge in [-0.05, 0) is 19.4 Å². The zero-order valence-corrected chi connectivity index (χ0v) is 10.5. The first-order chi connectivity index (χ1) is 8.61. The number of hydrogen-bond acceptors (Lipinski definition) is 3. The Labute approximate surface area is 106 Å². The van der Waals surface area contributed by atoms with Gasteiger partial charge in [0.15, 0.2) is 0 Å². The summed E-state index contributed by atoms with van der Waals surface area (Å²) in [5.74, 6) is -0.242. The summed E-state index contributed by atoms with van der Waals surface area (Å²) in [5.41, 5.74) is 6.82. The van der Waals surface area contributed by atoms with Crippen LogP contribution < -0.4 is 11.1 Å². The van der Waals surface area contributed by atoms with Crippen molar-refractivity contribution in [3.05, 3.63) is 18.0 Å². The molecule has 6 nitrogen and oxygen atoms in total. The van der Waals surface area contributed by atoms with E-state index in [1.54, 1.807) is 21.7 Å². The highest BCUT2D eigenvalue weighted by molar-refractivity contribution is 5.96. The molecule has 0 saturated carbocycles. The Morgan fingerprint density at radius 1 is 1.56 bits per heavy atom. The van der Waals surface area contributed by atoms with Gasteiger partial charge < -0.3 is 20.5 Å². The predicted molar refractivity (Wildman–Crippen MR) is 68.0 cm³/mol. The fourth-order valence-corrected chi connectivity index (χ4v) is 2.12. The molecule has 98 valence electrons. The van der Waals surface area contributed by atoms with Crippen molar-refractivity contribution in [1.82, 2.24) is 14.8 Å². The third kappa shape index (κ3) is 2.47. The van der Waals surface area contributed by atoms with Crippen LogP contribution >= 0.6 is 0 Å². The van der Waals surface area contributed by atoms with Crippen molar-refractivity contribution in [1.29, 1.82) is 0 Å². The third-order valence-corrected chi connectivity index (χ3v) is 3.03. The summed E-state index contributed by atoms with van der Waals surface area (Å²) in [6.45, 7) is 3.96. The molecule has 1 aromatic heterocycles. The minimum Gasteiger partial charge on any atom is -0.397 e. The highest BCUT2D eigenvalue weighted by Gasteiger charge is 2.23. The highest BCUT2D eigenvalue weighted by atomic mass is 16.2. The quantitative estimate of drug-likeness (QED) is 0.778. The second-order valence-corrected chi connectivity index (χ2v) is 4.37. The monoisotopic (exact) mass is 250 g/mol. The first-order valence-electron chi connectivity index (χ1n) is 6.13. The van der Waals surface area contributed by atoms with E-state index in [-0.39, 0.29) is 18.4 Å². The molecule has 0 aliphatic carbocycles. The van der Waals surface area contributed by atoms with Crippen LogP contribution in [0.4, 0.5) is 5.69 Å². The Balaban J connectivity index is 2.21. The number of nitrogens with zero attached hydrogens (tertiary/aromatic N) is 2. The van der Waals surface area contributed by atoms with Gasteiger partial charge >= 0.3 is 0 Å². The van der Waals surface area contributed by atoms with Gasteiger partial charge in [-0.3, -0.25) is 9.59 Å². The molecule has 2 heterocycles. The van der Waals surface area contributed by atoms with Crippen molar-refractivity contribution in [2.75, 3.05) is 25.4 Å². The van der Waals surface area contributed by atoms with E-state index in [1.807, 2.05) is 6.92 Å². The summed E-state index contributed by atoms with van der Waals surface area (Å²) in [7, 11) is 0. The number of nitrogens with one attached hydrogen (secondary N) is 1. The third-order valence-electron chi connectivity index (χ3n) is 3.03. The molecule has 18 heavy (non-hydrogen) atoms. The lowest BCUT2D eigenvalue weighted by Crippen LogP contribution is -2.38. The standard InChI is InChI=1S/C12H18N4O2/c1-2-15-7-9(13)6-10(15)12(18)16-5-3-4-14-11(17)8-16/h6-7H,2-5,8,13H2,1H3,(H,14,17). The van der Waals surface area contributed by atoms with Crippen molar-refractivity contribution in [3.8, 4) is 0 Å². The van der Waals surface area contributed by atoms with Crippen molar-refractivity contribution in [2.24, 2.45) is 0 Å². The van der Waals surface area contributed by atoms with Crippen LogP contribution in [0.3, 0.4) is 0 Å². The van der Waals surface area contributed by atoms with Gasteiger partial charge in [-0.1, -0.05) is 0 Å². The number of rotatable bonds is 2. The van der Waals surface area contributed by atoms with E-state index < -0.39 is 0 Å². The highest BCUT2D eigenvalue weighted by Crippen LogP contribution is 2.14. The summed E-state index contributed by atoms with van der Waals surface area (Å²) < 4.78 is 1.81. The van der Waals surface area contributed by atoms with E-state index in [4.69, 9.17) is 5.73 Å². The van der Waals surface area contributed by atoms with E-state index in [1.165, 1.54) is 0 Å². The number of anilines is 1. The summed E-state index contributed by atoms with van der Waals surface area (Å²) >= 11 is 0. The van der Waals surface area contributed by atoms with Crippen molar-refractivity contribution < 1.29 is 9.59 Å². The first kappa shape index (κ1) is 12.5. The lowest BCUT2D eigenvalue weighted by molar-refractivity contribution is -0.121. The molecule has 1 saturated heterocycles. The molecule has 0 unspecified atom stereocenters. The lowest BCUT2D eigenvalue weighted by Gasteiger charge is -2.19. The zero-order valence-electron chi connectivity index (χ0n) is 10.5. The maximum atomic E-state index is 12.4. The smallest absolute Gasteiger partial charge is 0.271 e. The van der Waals surface area contributed by atoms with Crippen LogP contribution in [0.2, 0.25) is 0 Å². The van der Waals surface area contributed by atoms with E-state index in [2.05, 4.69) is 5.32 Å². The summed E-state index contributed by atoms with van der Waals surface area (Å²) in [4.78, 5) is 25.4. The molecular weight excluding hydrogens is 232 g/mol. The minimum atomic E-state index is -0.134. The molecule has 2 rings (SSSR count). The van der Waals surface area contributed by atoms with Gasteiger partial charge in [-0.2, -0.15) is 0 Å². The summed E-state index contributed by atoms with van der Waals surface area (Å²) in [6.07, 6.45) is 2.52. The lowest BCUT2D eigenvalue weighted by atomic mass is 10.3. The Hall–Kier alpha value is -1.98. The number of nitrogen functional groups attached to an aromatic ring is 1. The van der Waals surface area contributed by atoms with Crippen LogP contribution in [0.25, 0.3) is 0 Å².